The molecule has 0 saturated carbocycles. The monoisotopic (exact) mass is 234 g/mol. The number of benzene rings is 1. The summed E-state index contributed by atoms with van der Waals surface area (Å²) >= 11 is 0. The third-order valence-electron chi connectivity index (χ3n) is 2.59. The SMILES string of the molecule is COCC(CO)NC(C)c1cccc(C#N)c1. The predicted octanol–water partition coefficient (Wildman–Crippen LogP) is 1.22. The van der Waals surface area contributed by atoms with Gasteiger partial charge in [-0.1, -0.05) is 12.1 Å². The van der Waals surface area contributed by atoms with Gasteiger partial charge in [-0.25, -0.2) is 0 Å². The van der Waals surface area contributed by atoms with Gasteiger partial charge in [0.25, 0.3) is 0 Å². The molecule has 92 valence electrons. The Bertz CT molecular complexity index is 387. The van der Waals surface area contributed by atoms with Gasteiger partial charge in [0, 0.05) is 13.2 Å². The quantitative estimate of drug-likeness (QED) is 0.776. The highest BCUT2D eigenvalue weighted by molar-refractivity contribution is 5.34. The molecule has 2 N–H and O–H groups in total. The molecule has 0 aliphatic rings. The van der Waals surface area contributed by atoms with Crippen LogP contribution in [0.1, 0.15) is 24.1 Å². The van der Waals surface area contributed by atoms with E-state index in [1.807, 2.05) is 25.1 Å². The summed E-state index contributed by atoms with van der Waals surface area (Å²) in [6.45, 7) is 2.48. The highest BCUT2D eigenvalue weighted by Gasteiger charge is 2.12. The minimum atomic E-state index is -0.0965. The lowest BCUT2D eigenvalue weighted by atomic mass is 10.0. The molecular formula is C13H18N2O2. The number of ether oxygens (including phenoxy) is 1. The second-order valence-electron chi connectivity index (χ2n) is 3.96. The zero-order chi connectivity index (χ0) is 12.7. The molecule has 4 heteroatoms. The maximum Gasteiger partial charge on any atom is 0.0991 e. The van der Waals surface area contributed by atoms with Crippen LogP contribution in [0.2, 0.25) is 0 Å². The van der Waals surface area contributed by atoms with Crippen molar-refractivity contribution in [1.82, 2.24) is 5.32 Å². The standard InChI is InChI=1S/C13H18N2O2/c1-10(15-13(8-16)9-17-2)12-5-3-4-11(6-12)7-14/h3-6,10,13,15-16H,8-9H2,1-2H3. The molecule has 0 bridgehead atoms. The van der Waals surface area contributed by atoms with Gasteiger partial charge >= 0.3 is 0 Å². The zero-order valence-electron chi connectivity index (χ0n) is 10.2. The van der Waals surface area contributed by atoms with Gasteiger partial charge < -0.3 is 15.2 Å². The Labute approximate surface area is 102 Å². The summed E-state index contributed by atoms with van der Waals surface area (Å²) in [6, 6.07) is 9.52. The van der Waals surface area contributed by atoms with Crippen LogP contribution in [0.5, 0.6) is 0 Å². The van der Waals surface area contributed by atoms with E-state index in [9.17, 15) is 0 Å². The molecule has 0 radical (unpaired) electrons. The fraction of sp³-hybridized carbons (Fsp3) is 0.462. The van der Waals surface area contributed by atoms with Crippen LogP contribution in [0.25, 0.3) is 0 Å². The molecule has 0 aliphatic heterocycles. The van der Waals surface area contributed by atoms with E-state index >= 15 is 0 Å². The fourth-order valence-electron chi connectivity index (χ4n) is 1.68. The van der Waals surface area contributed by atoms with Gasteiger partial charge in [0.1, 0.15) is 0 Å². The Hall–Kier alpha value is -1.41. The number of nitrogens with one attached hydrogen (secondary N) is 1. The van der Waals surface area contributed by atoms with Gasteiger partial charge in [0.2, 0.25) is 0 Å². The summed E-state index contributed by atoms with van der Waals surface area (Å²) in [5, 5.41) is 21.2. The Morgan fingerprint density at radius 3 is 2.88 bits per heavy atom. The van der Waals surface area contributed by atoms with Crippen molar-refractivity contribution < 1.29 is 9.84 Å². The molecule has 0 saturated heterocycles. The Morgan fingerprint density at radius 1 is 1.53 bits per heavy atom. The lowest BCUT2D eigenvalue weighted by Crippen LogP contribution is -2.38. The first-order chi connectivity index (χ1) is 8.21. The predicted molar refractivity (Wildman–Crippen MR) is 65.5 cm³/mol. The van der Waals surface area contributed by atoms with Crippen molar-refractivity contribution in [1.29, 1.82) is 5.26 Å². The molecule has 2 unspecified atom stereocenters. The maximum absolute atomic E-state index is 9.16. The lowest BCUT2D eigenvalue weighted by molar-refractivity contribution is 0.123. The molecule has 0 spiro atoms. The number of hydrogen-bond acceptors (Lipinski definition) is 4. The summed E-state index contributed by atoms with van der Waals surface area (Å²) in [4.78, 5) is 0. The second kappa shape index (κ2) is 7.02. The van der Waals surface area contributed by atoms with Crippen molar-refractivity contribution in [3.8, 4) is 6.07 Å². The van der Waals surface area contributed by atoms with E-state index in [4.69, 9.17) is 15.1 Å². The van der Waals surface area contributed by atoms with Crippen LogP contribution in [0.4, 0.5) is 0 Å². The van der Waals surface area contributed by atoms with E-state index in [2.05, 4.69) is 11.4 Å². The van der Waals surface area contributed by atoms with Crippen molar-refractivity contribution >= 4 is 0 Å². The van der Waals surface area contributed by atoms with Crippen molar-refractivity contribution in [3.05, 3.63) is 35.4 Å². The first-order valence-corrected chi connectivity index (χ1v) is 5.57. The molecule has 0 fully saturated rings. The second-order valence-corrected chi connectivity index (χ2v) is 3.96. The summed E-state index contributed by atoms with van der Waals surface area (Å²) in [5.41, 5.74) is 1.67. The van der Waals surface area contributed by atoms with Gasteiger partial charge in [-0.2, -0.15) is 5.26 Å². The number of hydrogen-bond donors (Lipinski definition) is 2. The zero-order valence-corrected chi connectivity index (χ0v) is 10.2. The third-order valence-corrected chi connectivity index (χ3v) is 2.59. The topological polar surface area (TPSA) is 65.3 Å². The van der Waals surface area contributed by atoms with Crippen LogP contribution >= 0.6 is 0 Å². The molecule has 0 amide bonds. The van der Waals surface area contributed by atoms with Gasteiger partial charge in [-0.05, 0) is 24.6 Å². The number of aliphatic hydroxyl groups excluding tert-OH is 1. The molecule has 1 rings (SSSR count). The van der Waals surface area contributed by atoms with Crippen LogP contribution in [-0.4, -0.2) is 31.5 Å². The van der Waals surface area contributed by atoms with Gasteiger partial charge in [0.05, 0.1) is 30.9 Å². The van der Waals surface area contributed by atoms with E-state index in [0.717, 1.165) is 5.56 Å². The molecule has 1 aromatic carbocycles. The average molecular weight is 234 g/mol. The number of nitrogens with zero attached hydrogens (tertiary/aromatic N) is 1. The summed E-state index contributed by atoms with van der Waals surface area (Å²) in [7, 11) is 1.60. The van der Waals surface area contributed by atoms with Crippen LogP contribution in [0.3, 0.4) is 0 Å². The number of aliphatic hydroxyl groups is 1. The first-order valence-electron chi connectivity index (χ1n) is 5.57. The Morgan fingerprint density at radius 2 is 2.29 bits per heavy atom. The molecule has 0 heterocycles. The van der Waals surface area contributed by atoms with Crippen molar-refractivity contribution in [2.75, 3.05) is 20.3 Å². The average Bonchev–Trinajstić information content (AvgIpc) is 2.38. The summed E-state index contributed by atoms with van der Waals surface area (Å²) in [6.07, 6.45) is 0. The molecule has 0 aliphatic carbocycles. The van der Waals surface area contributed by atoms with E-state index in [1.165, 1.54) is 0 Å². The molecule has 1 aromatic rings. The fourth-order valence-corrected chi connectivity index (χ4v) is 1.68. The highest BCUT2D eigenvalue weighted by Crippen LogP contribution is 2.14. The van der Waals surface area contributed by atoms with Crippen LogP contribution < -0.4 is 5.32 Å². The molecule has 17 heavy (non-hydrogen) atoms. The van der Waals surface area contributed by atoms with Crippen LogP contribution in [0.15, 0.2) is 24.3 Å². The van der Waals surface area contributed by atoms with Gasteiger partial charge in [0.15, 0.2) is 0 Å². The number of methoxy groups -OCH3 is 1. The Kier molecular flexibility index (Phi) is 5.64. The van der Waals surface area contributed by atoms with E-state index in [-0.39, 0.29) is 18.7 Å². The highest BCUT2D eigenvalue weighted by atomic mass is 16.5. The summed E-state index contributed by atoms with van der Waals surface area (Å²) in [5.74, 6) is 0. The van der Waals surface area contributed by atoms with Crippen LogP contribution in [0, 0.1) is 11.3 Å². The Balaban J connectivity index is 2.68. The summed E-state index contributed by atoms with van der Waals surface area (Å²) < 4.78 is 5.00. The van der Waals surface area contributed by atoms with Crippen LogP contribution in [-0.2, 0) is 4.74 Å². The van der Waals surface area contributed by atoms with Gasteiger partial charge in [-0.3, -0.25) is 0 Å². The molecule has 2 atom stereocenters. The van der Waals surface area contributed by atoms with E-state index in [0.29, 0.717) is 12.2 Å². The number of rotatable bonds is 6. The van der Waals surface area contributed by atoms with Crippen molar-refractivity contribution in [3.63, 3.8) is 0 Å². The smallest absolute Gasteiger partial charge is 0.0991 e. The van der Waals surface area contributed by atoms with Crippen molar-refractivity contribution in [2.24, 2.45) is 0 Å². The lowest BCUT2D eigenvalue weighted by Gasteiger charge is -2.21. The number of nitriles is 1. The van der Waals surface area contributed by atoms with E-state index < -0.39 is 0 Å². The maximum atomic E-state index is 9.16. The van der Waals surface area contributed by atoms with Crippen molar-refractivity contribution in [2.45, 2.75) is 19.0 Å². The third kappa shape index (κ3) is 4.16. The molecule has 4 nitrogen and oxygen atoms in total. The van der Waals surface area contributed by atoms with E-state index in [1.54, 1.807) is 13.2 Å². The first kappa shape index (κ1) is 13.7. The van der Waals surface area contributed by atoms with Gasteiger partial charge in [-0.15, -0.1) is 0 Å². The molecular weight excluding hydrogens is 216 g/mol. The minimum Gasteiger partial charge on any atom is -0.395 e. The largest absolute Gasteiger partial charge is 0.395 e. The minimum absolute atomic E-state index is 0.0239. The normalized spacial score (nSPS) is 14.0. The molecule has 0 aromatic heterocycles.